The molecule has 19 heavy (non-hydrogen) atoms. The summed E-state index contributed by atoms with van der Waals surface area (Å²) in [4.78, 5) is 8.69. The predicted octanol–water partition coefficient (Wildman–Crippen LogP) is 3.25. The Morgan fingerprint density at radius 3 is 2.74 bits per heavy atom. The molecule has 4 nitrogen and oxygen atoms in total. The molecule has 1 aliphatic carbocycles. The minimum absolute atomic E-state index is 0.604. The number of aromatic nitrogens is 2. The standard InChI is InChI=1S/C14H22ClN3O/c1-10-7-13(19-2)18-14(17-10)16-9-12-6-4-3-5-11(12)8-15/h7,11-12H,3-6,8-9H2,1-2H3,(H,16,17,18). The molecule has 2 atom stereocenters. The molecule has 106 valence electrons. The molecule has 0 aliphatic heterocycles. The Hall–Kier alpha value is -1.03. The zero-order valence-electron chi connectivity index (χ0n) is 11.7. The Kier molecular flexibility index (Phi) is 5.25. The highest BCUT2D eigenvalue weighted by Gasteiger charge is 2.24. The predicted molar refractivity (Wildman–Crippen MR) is 78.0 cm³/mol. The van der Waals surface area contributed by atoms with Gasteiger partial charge in [0.1, 0.15) is 0 Å². The summed E-state index contributed by atoms with van der Waals surface area (Å²) in [7, 11) is 1.62. The molecule has 1 aromatic rings. The van der Waals surface area contributed by atoms with Gasteiger partial charge < -0.3 is 10.1 Å². The quantitative estimate of drug-likeness (QED) is 0.843. The Morgan fingerprint density at radius 2 is 2.05 bits per heavy atom. The lowest BCUT2D eigenvalue weighted by Gasteiger charge is -2.30. The fourth-order valence-electron chi connectivity index (χ4n) is 2.70. The molecule has 0 aromatic carbocycles. The Balaban J connectivity index is 1.95. The highest BCUT2D eigenvalue weighted by atomic mass is 35.5. The lowest BCUT2D eigenvalue weighted by Crippen LogP contribution is -2.27. The number of halogens is 1. The summed E-state index contributed by atoms with van der Waals surface area (Å²) in [5.41, 5.74) is 0.909. The van der Waals surface area contributed by atoms with Crippen molar-refractivity contribution in [2.45, 2.75) is 32.6 Å². The third-order valence-electron chi connectivity index (χ3n) is 3.83. The van der Waals surface area contributed by atoms with Crippen LogP contribution in [0.25, 0.3) is 0 Å². The van der Waals surface area contributed by atoms with Crippen molar-refractivity contribution < 1.29 is 4.74 Å². The normalized spacial score (nSPS) is 23.1. The van der Waals surface area contributed by atoms with Crippen molar-refractivity contribution >= 4 is 17.5 Å². The third kappa shape index (κ3) is 3.96. The first kappa shape index (κ1) is 14.4. The zero-order valence-corrected chi connectivity index (χ0v) is 12.4. The van der Waals surface area contributed by atoms with Crippen molar-refractivity contribution in [1.82, 2.24) is 9.97 Å². The number of ether oxygens (including phenoxy) is 1. The van der Waals surface area contributed by atoms with E-state index in [4.69, 9.17) is 16.3 Å². The Bertz CT molecular complexity index is 414. The van der Waals surface area contributed by atoms with Crippen molar-refractivity contribution in [3.8, 4) is 5.88 Å². The van der Waals surface area contributed by atoms with Crippen LogP contribution in [0, 0.1) is 18.8 Å². The van der Waals surface area contributed by atoms with Crippen LogP contribution in [-0.2, 0) is 0 Å². The van der Waals surface area contributed by atoms with E-state index in [0.717, 1.165) is 18.1 Å². The monoisotopic (exact) mass is 283 g/mol. The zero-order chi connectivity index (χ0) is 13.7. The van der Waals surface area contributed by atoms with E-state index in [9.17, 15) is 0 Å². The van der Waals surface area contributed by atoms with Crippen LogP contribution in [0.5, 0.6) is 5.88 Å². The van der Waals surface area contributed by atoms with Gasteiger partial charge in [0, 0.05) is 24.2 Å². The fraction of sp³-hybridized carbons (Fsp3) is 0.714. The molecule has 0 bridgehead atoms. The van der Waals surface area contributed by atoms with E-state index >= 15 is 0 Å². The number of rotatable bonds is 5. The average Bonchev–Trinajstić information content (AvgIpc) is 2.44. The molecular weight excluding hydrogens is 262 g/mol. The number of nitrogens with one attached hydrogen (secondary N) is 1. The molecule has 0 saturated heterocycles. The van der Waals surface area contributed by atoms with Crippen molar-refractivity contribution in [2.24, 2.45) is 11.8 Å². The average molecular weight is 284 g/mol. The highest BCUT2D eigenvalue weighted by Crippen LogP contribution is 2.30. The maximum Gasteiger partial charge on any atom is 0.226 e. The van der Waals surface area contributed by atoms with Crippen molar-refractivity contribution in [1.29, 1.82) is 0 Å². The smallest absolute Gasteiger partial charge is 0.226 e. The van der Waals surface area contributed by atoms with Gasteiger partial charge in [-0.1, -0.05) is 12.8 Å². The summed E-state index contributed by atoms with van der Waals surface area (Å²) >= 11 is 6.05. The number of anilines is 1. The van der Waals surface area contributed by atoms with Gasteiger partial charge in [-0.3, -0.25) is 0 Å². The third-order valence-corrected chi connectivity index (χ3v) is 4.22. The Labute approximate surface area is 119 Å². The van der Waals surface area contributed by atoms with Gasteiger partial charge in [0.25, 0.3) is 0 Å². The van der Waals surface area contributed by atoms with E-state index in [1.165, 1.54) is 25.7 Å². The van der Waals surface area contributed by atoms with E-state index in [1.54, 1.807) is 7.11 Å². The summed E-state index contributed by atoms with van der Waals surface area (Å²) in [6.45, 7) is 2.83. The molecule has 1 fully saturated rings. The summed E-state index contributed by atoms with van der Waals surface area (Å²) in [5.74, 6) is 3.25. The lowest BCUT2D eigenvalue weighted by atomic mass is 9.80. The molecule has 1 saturated carbocycles. The number of alkyl halides is 1. The molecule has 1 heterocycles. The van der Waals surface area contributed by atoms with Crippen LogP contribution in [-0.4, -0.2) is 29.5 Å². The first-order chi connectivity index (χ1) is 9.22. The second kappa shape index (κ2) is 6.94. The Morgan fingerprint density at radius 1 is 1.32 bits per heavy atom. The van der Waals surface area contributed by atoms with Crippen LogP contribution in [0.4, 0.5) is 5.95 Å². The van der Waals surface area contributed by atoms with Crippen LogP contribution >= 0.6 is 11.6 Å². The van der Waals surface area contributed by atoms with Crippen LogP contribution in [0.2, 0.25) is 0 Å². The van der Waals surface area contributed by atoms with Crippen molar-refractivity contribution in [3.63, 3.8) is 0 Å². The minimum atomic E-state index is 0.604. The van der Waals surface area contributed by atoms with Gasteiger partial charge in [0.2, 0.25) is 11.8 Å². The largest absolute Gasteiger partial charge is 0.481 e. The molecule has 2 rings (SSSR count). The van der Waals surface area contributed by atoms with E-state index in [2.05, 4.69) is 15.3 Å². The first-order valence-electron chi connectivity index (χ1n) is 6.92. The van der Waals surface area contributed by atoms with Crippen LogP contribution < -0.4 is 10.1 Å². The molecule has 0 spiro atoms. The maximum absolute atomic E-state index is 6.05. The topological polar surface area (TPSA) is 47.0 Å². The van der Waals surface area contributed by atoms with Gasteiger partial charge in [-0.15, -0.1) is 11.6 Å². The molecule has 0 amide bonds. The van der Waals surface area contributed by atoms with Crippen LogP contribution in [0.1, 0.15) is 31.4 Å². The first-order valence-corrected chi connectivity index (χ1v) is 7.46. The SMILES string of the molecule is COc1cc(C)nc(NCC2CCCCC2CCl)n1. The van der Waals surface area contributed by atoms with E-state index in [1.807, 2.05) is 13.0 Å². The number of nitrogens with zero attached hydrogens (tertiary/aromatic N) is 2. The molecular formula is C14H22ClN3O. The van der Waals surface area contributed by atoms with E-state index < -0.39 is 0 Å². The van der Waals surface area contributed by atoms with E-state index in [-0.39, 0.29) is 0 Å². The van der Waals surface area contributed by atoms with Gasteiger partial charge in [-0.25, -0.2) is 4.98 Å². The molecule has 2 unspecified atom stereocenters. The van der Waals surface area contributed by atoms with Gasteiger partial charge in [0.05, 0.1) is 7.11 Å². The van der Waals surface area contributed by atoms with Gasteiger partial charge in [0.15, 0.2) is 0 Å². The second-order valence-electron chi connectivity index (χ2n) is 5.22. The highest BCUT2D eigenvalue weighted by molar-refractivity contribution is 6.18. The van der Waals surface area contributed by atoms with Crippen LogP contribution in [0.15, 0.2) is 6.07 Å². The molecule has 1 aromatic heterocycles. The van der Waals surface area contributed by atoms with Crippen molar-refractivity contribution in [3.05, 3.63) is 11.8 Å². The van der Waals surface area contributed by atoms with E-state index in [0.29, 0.717) is 23.7 Å². The van der Waals surface area contributed by atoms with Gasteiger partial charge in [-0.05, 0) is 31.6 Å². The summed E-state index contributed by atoms with van der Waals surface area (Å²) in [6.07, 6.45) is 5.10. The molecule has 1 N–H and O–H groups in total. The molecule has 0 radical (unpaired) electrons. The fourth-order valence-corrected chi connectivity index (χ4v) is 3.11. The minimum Gasteiger partial charge on any atom is -0.481 e. The summed E-state index contributed by atoms with van der Waals surface area (Å²) < 4.78 is 5.16. The summed E-state index contributed by atoms with van der Waals surface area (Å²) in [6, 6.07) is 1.83. The molecule has 5 heteroatoms. The number of methoxy groups -OCH3 is 1. The number of hydrogen-bond donors (Lipinski definition) is 1. The van der Waals surface area contributed by atoms with Crippen LogP contribution in [0.3, 0.4) is 0 Å². The van der Waals surface area contributed by atoms with Gasteiger partial charge >= 0.3 is 0 Å². The molecule has 1 aliphatic rings. The maximum atomic E-state index is 6.05. The number of aryl methyl sites for hydroxylation is 1. The van der Waals surface area contributed by atoms with Gasteiger partial charge in [-0.2, -0.15) is 4.98 Å². The summed E-state index contributed by atoms with van der Waals surface area (Å²) in [5, 5.41) is 3.33. The van der Waals surface area contributed by atoms with Crippen molar-refractivity contribution in [2.75, 3.05) is 24.9 Å². The second-order valence-corrected chi connectivity index (χ2v) is 5.52. The number of hydrogen-bond acceptors (Lipinski definition) is 4. The lowest BCUT2D eigenvalue weighted by molar-refractivity contribution is 0.271.